The van der Waals surface area contributed by atoms with Crippen LogP contribution in [0.15, 0.2) is 142 Å². The second kappa shape index (κ2) is 9.57. The first-order chi connectivity index (χ1) is 25.8. The molecule has 11 aromatic rings. The molecule has 0 N–H and O–H groups in total. The van der Waals surface area contributed by atoms with E-state index in [1.165, 1.54) is 70.9 Å². The molecule has 2 heteroatoms. The van der Waals surface area contributed by atoms with E-state index in [-0.39, 0.29) is 0 Å². The largest absolute Gasteiger partial charge is 0.455 e. The van der Waals surface area contributed by atoms with Crippen molar-refractivity contribution in [3.63, 3.8) is 0 Å². The maximum Gasteiger partial charge on any atom is 0.144 e. The number of fused-ring (bicyclic) bond motifs is 6. The number of allylic oxidation sites excluding steroid dienone is 2. The monoisotopic (exact) mass is 660 g/mol. The molecule has 2 heterocycles. The molecular formula is C50H28O2. The third-order valence-corrected chi connectivity index (χ3v) is 12.0. The molecule has 52 heavy (non-hydrogen) atoms. The van der Waals surface area contributed by atoms with Crippen molar-refractivity contribution in [2.45, 2.75) is 12.8 Å². The van der Waals surface area contributed by atoms with Crippen molar-refractivity contribution in [3.8, 4) is 22.3 Å². The molecule has 0 spiro atoms. The van der Waals surface area contributed by atoms with Crippen molar-refractivity contribution in [3.05, 3.63) is 156 Å². The molecule has 0 aliphatic heterocycles. The summed E-state index contributed by atoms with van der Waals surface area (Å²) in [4.78, 5) is 0. The third-order valence-electron chi connectivity index (χ3n) is 12.0. The molecule has 0 bridgehead atoms. The van der Waals surface area contributed by atoms with E-state index in [9.17, 15) is 0 Å². The van der Waals surface area contributed by atoms with Crippen LogP contribution in [0.3, 0.4) is 0 Å². The molecule has 13 rings (SSSR count). The molecule has 0 unspecified atom stereocenters. The van der Waals surface area contributed by atoms with Crippen molar-refractivity contribution in [2.24, 2.45) is 0 Å². The molecule has 0 atom stereocenters. The van der Waals surface area contributed by atoms with Gasteiger partial charge >= 0.3 is 0 Å². The van der Waals surface area contributed by atoms with E-state index < -0.39 is 0 Å². The van der Waals surface area contributed by atoms with Gasteiger partial charge < -0.3 is 8.83 Å². The van der Waals surface area contributed by atoms with Crippen LogP contribution in [0.2, 0.25) is 0 Å². The lowest BCUT2D eigenvalue weighted by Crippen LogP contribution is -2.03. The summed E-state index contributed by atoms with van der Waals surface area (Å²) in [5.41, 5.74) is 13.5. The van der Waals surface area contributed by atoms with E-state index in [2.05, 4.69) is 146 Å². The van der Waals surface area contributed by atoms with Crippen molar-refractivity contribution in [1.29, 1.82) is 0 Å². The molecule has 0 amide bonds. The van der Waals surface area contributed by atoms with Gasteiger partial charge in [0.25, 0.3) is 0 Å². The molecule has 0 saturated heterocycles. The fraction of sp³-hybridized carbons (Fsp3) is 0.0400. The summed E-state index contributed by atoms with van der Waals surface area (Å²) < 4.78 is 14.3. The van der Waals surface area contributed by atoms with E-state index in [1.807, 2.05) is 0 Å². The van der Waals surface area contributed by atoms with Crippen molar-refractivity contribution >= 4 is 99.1 Å². The Kier molecular flexibility index (Phi) is 4.99. The molecule has 0 fully saturated rings. The van der Waals surface area contributed by atoms with Crippen LogP contribution in [-0.2, 0) is 12.8 Å². The maximum absolute atomic E-state index is 7.15. The lowest BCUT2D eigenvalue weighted by molar-refractivity contribution is 0.665. The van der Waals surface area contributed by atoms with Gasteiger partial charge in [0.05, 0.1) is 0 Å². The van der Waals surface area contributed by atoms with Gasteiger partial charge in [0.2, 0.25) is 0 Å². The zero-order valence-electron chi connectivity index (χ0n) is 28.1. The van der Waals surface area contributed by atoms with Gasteiger partial charge in [-0.1, -0.05) is 127 Å². The summed E-state index contributed by atoms with van der Waals surface area (Å²) >= 11 is 0. The standard InChI is InChI=1S/C50H28O2/c1-3-16-39-36(13-1)46-45(35-25-23-31-21-19-27-8-5-9-29-22-24-34(35)44(31)41(27)29)49-47(37-14-2-4-17-40(37)51-49)48(50(46)52-39)38-26-32-12-6-10-28-18-20-30-11-7-15-33(38)43(30)42(28)32/h1-9,11-14,16-26H,10,15H2. The van der Waals surface area contributed by atoms with Gasteiger partial charge in [-0.25, -0.2) is 0 Å². The molecule has 0 radical (unpaired) electrons. The quantitative estimate of drug-likeness (QED) is 0.173. The van der Waals surface area contributed by atoms with E-state index in [0.717, 1.165) is 73.4 Å². The highest BCUT2D eigenvalue weighted by Crippen LogP contribution is 2.54. The first-order valence-corrected chi connectivity index (χ1v) is 18.2. The van der Waals surface area contributed by atoms with Gasteiger partial charge in [-0.2, -0.15) is 0 Å². The highest BCUT2D eigenvalue weighted by Gasteiger charge is 2.30. The fourth-order valence-electron chi connectivity index (χ4n) is 9.89. The molecule has 2 aromatic heterocycles. The van der Waals surface area contributed by atoms with E-state index >= 15 is 0 Å². The summed E-state index contributed by atoms with van der Waals surface area (Å²) in [6.45, 7) is 0. The number of rotatable bonds is 2. The minimum atomic E-state index is 0.863. The zero-order chi connectivity index (χ0) is 33.7. The summed E-state index contributed by atoms with van der Waals surface area (Å²) in [6, 6.07) is 44.4. The molecule has 0 saturated carbocycles. The van der Waals surface area contributed by atoms with Crippen LogP contribution >= 0.6 is 0 Å². The van der Waals surface area contributed by atoms with Crippen molar-refractivity contribution < 1.29 is 8.83 Å². The fourth-order valence-corrected chi connectivity index (χ4v) is 9.89. The van der Waals surface area contributed by atoms with Gasteiger partial charge in [-0.15, -0.1) is 0 Å². The average Bonchev–Trinajstić information content (AvgIpc) is 3.77. The molecule has 9 aromatic carbocycles. The van der Waals surface area contributed by atoms with Gasteiger partial charge in [-0.3, -0.25) is 0 Å². The van der Waals surface area contributed by atoms with Crippen LogP contribution in [0.1, 0.15) is 22.3 Å². The smallest absolute Gasteiger partial charge is 0.144 e. The zero-order valence-corrected chi connectivity index (χ0v) is 28.1. The predicted molar refractivity (Wildman–Crippen MR) is 219 cm³/mol. The Morgan fingerprint density at radius 3 is 1.81 bits per heavy atom. The average molecular weight is 661 g/mol. The Morgan fingerprint density at radius 1 is 0.404 bits per heavy atom. The first kappa shape index (κ1) is 27.1. The van der Waals surface area contributed by atoms with Gasteiger partial charge in [0.15, 0.2) is 0 Å². The highest BCUT2D eigenvalue weighted by atomic mass is 16.3. The van der Waals surface area contributed by atoms with Crippen LogP contribution in [-0.4, -0.2) is 0 Å². The molecule has 2 nitrogen and oxygen atoms in total. The topological polar surface area (TPSA) is 26.3 Å². The van der Waals surface area contributed by atoms with Crippen LogP contribution in [0.25, 0.3) is 121 Å². The number of hydrogen-bond acceptors (Lipinski definition) is 2. The van der Waals surface area contributed by atoms with E-state index in [0.29, 0.717) is 0 Å². The van der Waals surface area contributed by atoms with E-state index in [4.69, 9.17) is 8.83 Å². The number of para-hydroxylation sites is 2. The minimum Gasteiger partial charge on any atom is -0.455 e. The van der Waals surface area contributed by atoms with Crippen LogP contribution in [0.4, 0.5) is 0 Å². The van der Waals surface area contributed by atoms with Crippen LogP contribution < -0.4 is 0 Å². The highest BCUT2D eigenvalue weighted by molar-refractivity contribution is 6.34. The van der Waals surface area contributed by atoms with Crippen LogP contribution in [0.5, 0.6) is 0 Å². The Hall–Kier alpha value is -6.64. The van der Waals surface area contributed by atoms with Crippen LogP contribution in [0, 0.1) is 0 Å². The Balaban J connectivity index is 1.28. The molecule has 240 valence electrons. The van der Waals surface area contributed by atoms with Gasteiger partial charge in [-0.05, 0) is 108 Å². The first-order valence-electron chi connectivity index (χ1n) is 18.2. The summed E-state index contributed by atoms with van der Waals surface area (Å²) in [6.07, 6.45) is 11.1. The van der Waals surface area contributed by atoms with Gasteiger partial charge in [0, 0.05) is 32.7 Å². The minimum absolute atomic E-state index is 0.863. The maximum atomic E-state index is 7.15. The lowest BCUT2D eigenvalue weighted by atomic mass is 9.79. The van der Waals surface area contributed by atoms with Crippen molar-refractivity contribution in [2.75, 3.05) is 0 Å². The second-order valence-corrected chi connectivity index (χ2v) is 14.6. The SMILES string of the molecule is C1=Cc2cc(-c3c4oc5ccccc5c4c(-c4ccc5ccc6cccc7ccc4c5c67)c4oc5ccccc5c34)c3c4c(ccc(c24)C1)C=CC3. The summed E-state index contributed by atoms with van der Waals surface area (Å²) in [5, 5.41) is 14.8. The Labute approximate surface area is 297 Å². The predicted octanol–water partition coefficient (Wildman–Crippen LogP) is 14.0. The number of furan rings is 2. The van der Waals surface area contributed by atoms with Gasteiger partial charge in [0.1, 0.15) is 22.3 Å². The number of benzene rings is 9. The molecular weight excluding hydrogens is 633 g/mol. The van der Waals surface area contributed by atoms with Crippen molar-refractivity contribution in [1.82, 2.24) is 0 Å². The molecule has 2 aliphatic rings. The Morgan fingerprint density at radius 2 is 1.04 bits per heavy atom. The summed E-state index contributed by atoms with van der Waals surface area (Å²) in [7, 11) is 0. The number of hydrogen-bond donors (Lipinski definition) is 0. The third kappa shape index (κ3) is 3.31. The summed E-state index contributed by atoms with van der Waals surface area (Å²) in [5.74, 6) is 0. The lowest BCUT2D eigenvalue weighted by Gasteiger charge is -2.24. The molecule has 2 aliphatic carbocycles. The normalized spacial score (nSPS) is 13.8. The van der Waals surface area contributed by atoms with E-state index in [1.54, 1.807) is 0 Å². The second-order valence-electron chi connectivity index (χ2n) is 14.6. The Bertz CT molecular complexity index is 3430.